The minimum Gasteiger partial charge on any atom is -0.330 e. The molecule has 0 aromatic heterocycles. The lowest BCUT2D eigenvalue weighted by Crippen LogP contribution is -2.32. The minimum absolute atomic E-state index is 0.653. The number of nitrogens with two attached hydrogens (primary N) is 1. The predicted octanol–water partition coefficient (Wildman–Crippen LogP) is 2.42. The summed E-state index contributed by atoms with van der Waals surface area (Å²) in [5, 5.41) is 0. The summed E-state index contributed by atoms with van der Waals surface area (Å²) < 4.78 is 0. The van der Waals surface area contributed by atoms with Crippen LogP contribution in [0.1, 0.15) is 30.9 Å². The standard InChI is InChI=1S/C15H24N2/c1-2-13(10-16)11-17-9-5-8-14-6-3-4-7-15(14)12-17/h3-4,6-7,13H,2,5,8-12,16H2,1H3. The summed E-state index contributed by atoms with van der Waals surface area (Å²) in [4.78, 5) is 2.58. The van der Waals surface area contributed by atoms with Crippen LogP contribution < -0.4 is 5.73 Å². The van der Waals surface area contributed by atoms with Gasteiger partial charge in [-0.25, -0.2) is 0 Å². The van der Waals surface area contributed by atoms with E-state index in [1.807, 2.05) is 0 Å². The molecule has 0 bridgehead atoms. The largest absolute Gasteiger partial charge is 0.330 e. The molecular formula is C15H24N2. The first-order valence-electron chi connectivity index (χ1n) is 6.82. The van der Waals surface area contributed by atoms with Crippen molar-refractivity contribution in [3.63, 3.8) is 0 Å². The van der Waals surface area contributed by atoms with Crippen LogP contribution >= 0.6 is 0 Å². The zero-order valence-corrected chi connectivity index (χ0v) is 10.9. The number of hydrogen-bond donors (Lipinski definition) is 1. The van der Waals surface area contributed by atoms with Gasteiger partial charge in [0, 0.05) is 13.1 Å². The van der Waals surface area contributed by atoms with E-state index in [4.69, 9.17) is 5.73 Å². The Balaban J connectivity index is 2.02. The molecule has 2 nitrogen and oxygen atoms in total. The normalized spacial score (nSPS) is 18.5. The highest BCUT2D eigenvalue weighted by Gasteiger charge is 2.16. The highest BCUT2D eigenvalue weighted by Crippen LogP contribution is 2.19. The third kappa shape index (κ3) is 3.30. The predicted molar refractivity (Wildman–Crippen MR) is 72.9 cm³/mol. The van der Waals surface area contributed by atoms with Crippen LogP contribution in [0.5, 0.6) is 0 Å². The van der Waals surface area contributed by atoms with E-state index < -0.39 is 0 Å². The molecule has 0 amide bonds. The lowest BCUT2D eigenvalue weighted by Gasteiger charge is -2.25. The Labute approximate surface area is 105 Å². The number of rotatable bonds is 4. The molecule has 1 aliphatic heterocycles. The van der Waals surface area contributed by atoms with Gasteiger partial charge in [0.2, 0.25) is 0 Å². The number of benzene rings is 1. The van der Waals surface area contributed by atoms with Crippen molar-refractivity contribution in [2.75, 3.05) is 19.6 Å². The third-order valence-corrected chi connectivity index (χ3v) is 3.86. The van der Waals surface area contributed by atoms with Crippen molar-refractivity contribution in [2.45, 2.75) is 32.7 Å². The van der Waals surface area contributed by atoms with E-state index in [9.17, 15) is 0 Å². The van der Waals surface area contributed by atoms with Crippen molar-refractivity contribution >= 4 is 0 Å². The summed E-state index contributed by atoms with van der Waals surface area (Å²) in [5.41, 5.74) is 8.86. The van der Waals surface area contributed by atoms with Crippen LogP contribution in [0, 0.1) is 5.92 Å². The molecule has 2 heteroatoms. The van der Waals surface area contributed by atoms with Crippen molar-refractivity contribution in [3.8, 4) is 0 Å². The Bertz CT molecular complexity index is 345. The molecule has 0 aliphatic carbocycles. The fraction of sp³-hybridized carbons (Fsp3) is 0.600. The van der Waals surface area contributed by atoms with Crippen LogP contribution in [0.25, 0.3) is 0 Å². The van der Waals surface area contributed by atoms with E-state index in [-0.39, 0.29) is 0 Å². The van der Waals surface area contributed by atoms with Gasteiger partial charge in [-0.2, -0.15) is 0 Å². The molecule has 1 atom stereocenters. The summed E-state index contributed by atoms with van der Waals surface area (Å²) in [5.74, 6) is 0.653. The van der Waals surface area contributed by atoms with E-state index in [1.54, 1.807) is 0 Å². The molecule has 17 heavy (non-hydrogen) atoms. The Morgan fingerprint density at radius 2 is 2.06 bits per heavy atom. The van der Waals surface area contributed by atoms with Crippen molar-refractivity contribution in [2.24, 2.45) is 11.7 Å². The van der Waals surface area contributed by atoms with E-state index >= 15 is 0 Å². The van der Waals surface area contributed by atoms with Crippen molar-refractivity contribution < 1.29 is 0 Å². The maximum Gasteiger partial charge on any atom is 0.0236 e. The molecule has 0 spiro atoms. The molecule has 1 aliphatic rings. The number of aryl methyl sites for hydroxylation is 1. The Morgan fingerprint density at radius 3 is 2.76 bits per heavy atom. The van der Waals surface area contributed by atoms with E-state index in [1.165, 1.54) is 36.9 Å². The second kappa shape index (κ2) is 6.18. The van der Waals surface area contributed by atoms with Gasteiger partial charge in [-0.15, -0.1) is 0 Å². The highest BCUT2D eigenvalue weighted by atomic mass is 15.1. The Kier molecular flexibility index (Phi) is 4.57. The smallest absolute Gasteiger partial charge is 0.0236 e. The summed E-state index contributed by atoms with van der Waals surface area (Å²) in [7, 11) is 0. The lowest BCUT2D eigenvalue weighted by atomic mass is 10.0. The Morgan fingerprint density at radius 1 is 1.29 bits per heavy atom. The van der Waals surface area contributed by atoms with E-state index in [0.717, 1.165) is 19.6 Å². The van der Waals surface area contributed by atoms with Crippen molar-refractivity contribution in [1.82, 2.24) is 4.90 Å². The van der Waals surface area contributed by atoms with Crippen LogP contribution in [-0.4, -0.2) is 24.5 Å². The molecule has 1 aromatic rings. The van der Waals surface area contributed by atoms with Gasteiger partial charge in [-0.3, -0.25) is 4.90 Å². The van der Waals surface area contributed by atoms with Gasteiger partial charge in [0.05, 0.1) is 0 Å². The molecule has 1 aromatic carbocycles. The number of fused-ring (bicyclic) bond motifs is 1. The molecule has 0 saturated carbocycles. The second-order valence-corrected chi connectivity index (χ2v) is 5.12. The first kappa shape index (κ1) is 12.6. The third-order valence-electron chi connectivity index (χ3n) is 3.86. The van der Waals surface area contributed by atoms with Gasteiger partial charge >= 0.3 is 0 Å². The Hall–Kier alpha value is -0.860. The first-order chi connectivity index (χ1) is 8.33. The summed E-state index contributed by atoms with van der Waals surface area (Å²) in [6, 6.07) is 8.86. The first-order valence-corrected chi connectivity index (χ1v) is 6.82. The zero-order chi connectivity index (χ0) is 12.1. The topological polar surface area (TPSA) is 29.3 Å². The molecule has 94 valence electrons. The molecule has 1 heterocycles. The quantitative estimate of drug-likeness (QED) is 0.864. The highest BCUT2D eigenvalue weighted by molar-refractivity contribution is 5.27. The van der Waals surface area contributed by atoms with Crippen molar-refractivity contribution in [1.29, 1.82) is 0 Å². The SMILES string of the molecule is CCC(CN)CN1CCCc2ccccc2C1. The number of hydrogen-bond acceptors (Lipinski definition) is 2. The van der Waals surface area contributed by atoms with Gasteiger partial charge in [0.25, 0.3) is 0 Å². The van der Waals surface area contributed by atoms with E-state index in [0.29, 0.717) is 5.92 Å². The average Bonchev–Trinajstić information content (AvgIpc) is 2.57. The van der Waals surface area contributed by atoms with Crippen LogP contribution in [0.15, 0.2) is 24.3 Å². The van der Waals surface area contributed by atoms with Crippen LogP contribution in [0.3, 0.4) is 0 Å². The molecule has 0 fully saturated rings. The van der Waals surface area contributed by atoms with E-state index in [2.05, 4.69) is 36.1 Å². The van der Waals surface area contributed by atoms with Crippen LogP contribution in [-0.2, 0) is 13.0 Å². The van der Waals surface area contributed by atoms with Crippen LogP contribution in [0.2, 0.25) is 0 Å². The maximum absolute atomic E-state index is 5.81. The fourth-order valence-corrected chi connectivity index (χ4v) is 2.66. The van der Waals surface area contributed by atoms with Gasteiger partial charge in [0.1, 0.15) is 0 Å². The minimum atomic E-state index is 0.653. The summed E-state index contributed by atoms with van der Waals surface area (Å²) in [6.45, 7) is 6.52. The van der Waals surface area contributed by atoms with Gasteiger partial charge in [0.15, 0.2) is 0 Å². The average molecular weight is 232 g/mol. The molecule has 0 saturated heterocycles. The van der Waals surface area contributed by atoms with Gasteiger partial charge in [-0.1, -0.05) is 37.6 Å². The monoisotopic (exact) mass is 232 g/mol. The maximum atomic E-state index is 5.81. The van der Waals surface area contributed by atoms with Gasteiger partial charge in [-0.05, 0) is 43.0 Å². The molecular weight excluding hydrogens is 208 g/mol. The molecule has 2 rings (SSSR count). The lowest BCUT2D eigenvalue weighted by molar-refractivity contribution is 0.225. The fourth-order valence-electron chi connectivity index (χ4n) is 2.66. The zero-order valence-electron chi connectivity index (χ0n) is 10.9. The second-order valence-electron chi connectivity index (χ2n) is 5.12. The summed E-state index contributed by atoms with van der Waals surface area (Å²) >= 11 is 0. The summed E-state index contributed by atoms with van der Waals surface area (Å²) in [6.07, 6.45) is 3.69. The molecule has 2 N–H and O–H groups in total. The van der Waals surface area contributed by atoms with Crippen LogP contribution in [0.4, 0.5) is 0 Å². The number of nitrogens with zero attached hydrogens (tertiary/aromatic N) is 1. The molecule has 0 radical (unpaired) electrons. The van der Waals surface area contributed by atoms with Gasteiger partial charge < -0.3 is 5.73 Å². The molecule has 1 unspecified atom stereocenters. The van der Waals surface area contributed by atoms with Crippen molar-refractivity contribution in [3.05, 3.63) is 35.4 Å².